The van der Waals surface area contributed by atoms with Crippen molar-refractivity contribution in [2.45, 2.75) is 6.61 Å². The molecule has 0 aromatic heterocycles. The molecule has 0 amide bonds. The number of hydrazone groups is 1. The zero-order valence-electron chi connectivity index (χ0n) is 15.8. The molecule has 2 N–H and O–H groups in total. The molecule has 148 valence electrons. The fourth-order valence-corrected chi connectivity index (χ4v) is 2.90. The number of hydrogen-bond donors (Lipinski definition) is 2. The minimum atomic E-state index is 0.394. The van der Waals surface area contributed by atoms with E-state index in [0.717, 1.165) is 16.8 Å². The van der Waals surface area contributed by atoms with Crippen molar-refractivity contribution in [1.82, 2.24) is 5.43 Å². The number of halogens is 1. The van der Waals surface area contributed by atoms with Crippen LogP contribution in [0.15, 0.2) is 77.9 Å². The monoisotopic (exact) mass is 425 g/mol. The Labute approximate surface area is 180 Å². The molecule has 0 unspecified atom stereocenters. The highest BCUT2D eigenvalue weighted by Crippen LogP contribution is 2.28. The summed E-state index contributed by atoms with van der Waals surface area (Å²) in [6, 6.07) is 22.7. The van der Waals surface area contributed by atoms with Crippen molar-refractivity contribution in [3.63, 3.8) is 0 Å². The third kappa shape index (κ3) is 6.48. The van der Waals surface area contributed by atoms with Crippen LogP contribution in [0.4, 0.5) is 5.69 Å². The van der Waals surface area contributed by atoms with Gasteiger partial charge in [-0.15, -0.1) is 0 Å². The van der Waals surface area contributed by atoms with Gasteiger partial charge in [0.1, 0.15) is 6.61 Å². The first kappa shape index (κ1) is 20.6. The van der Waals surface area contributed by atoms with Gasteiger partial charge in [0, 0.05) is 10.7 Å². The molecule has 29 heavy (non-hydrogen) atoms. The van der Waals surface area contributed by atoms with Crippen LogP contribution in [0.5, 0.6) is 11.5 Å². The zero-order valence-corrected chi connectivity index (χ0v) is 17.3. The summed E-state index contributed by atoms with van der Waals surface area (Å²) in [5.41, 5.74) is 5.50. The molecule has 0 radical (unpaired) electrons. The maximum atomic E-state index is 6.01. The topological polar surface area (TPSA) is 54.9 Å². The Morgan fingerprint density at radius 2 is 1.86 bits per heavy atom. The van der Waals surface area contributed by atoms with Gasteiger partial charge in [0.2, 0.25) is 0 Å². The van der Waals surface area contributed by atoms with Crippen LogP contribution in [0.1, 0.15) is 11.1 Å². The molecular formula is C22H20ClN3O2S. The van der Waals surface area contributed by atoms with Crippen molar-refractivity contribution in [1.29, 1.82) is 0 Å². The summed E-state index contributed by atoms with van der Waals surface area (Å²) in [7, 11) is 1.60. The molecule has 7 heteroatoms. The second kappa shape index (κ2) is 10.5. The fraction of sp³-hybridized carbons (Fsp3) is 0.0909. The lowest BCUT2D eigenvalue weighted by molar-refractivity contribution is 0.284. The van der Waals surface area contributed by atoms with Crippen LogP contribution in [-0.2, 0) is 6.61 Å². The van der Waals surface area contributed by atoms with Gasteiger partial charge in [-0.2, -0.15) is 5.10 Å². The lowest BCUT2D eigenvalue weighted by Gasteiger charge is -2.11. The fourth-order valence-electron chi connectivity index (χ4n) is 2.52. The van der Waals surface area contributed by atoms with Crippen LogP contribution in [0, 0.1) is 0 Å². The Morgan fingerprint density at radius 1 is 1.03 bits per heavy atom. The summed E-state index contributed by atoms with van der Waals surface area (Å²) in [6.45, 7) is 0.394. The van der Waals surface area contributed by atoms with Crippen LogP contribution < -0.4 is 20.2 Å². The van der Waals surface area contributed by atoms with Gasteiger partial charge in [-0.1, -0.05) is 41.9 Å². The van der Waals surface area contributed by atoms with Crippen molar-refractivity contribution < 1.29 is 9.47 Å². The van der Waals surface area contributed by atoms with E-state index in [0.29, 0.717) is 28.2 Å². The van der Waals surface area contributed by atoms with E-state index in [1.165, 1.54) is 0 Å². The second-order valence-corrected chi connectivity index (χ2v) is 6.86. The highest BCUT2D eigenvalue weighted by atomic mass is 35.5. The molecule has 5 nitrogen and oxygen atoms in total. The zero-order chi connectivity index (χ0) is 20.5. The maximum absolute atomic E-state index is 6.01. The third-order valence-corrected chi connectivity index (χ3v) is 4.31. The quantitative estimate of drug-likeness (QED) is 0.307. The van der Waals surface area contributed by atoms with Gasteiger partial charge in [0.15, 0.2) is 16.6 Å². The van der Waals surface area contributed by atoms with Crippen LogP contribution >= 0.6 is 23.8 Å². The summed E-state index contributed by atoms with van der Waals surface area (Å²) in [4.78, 5) is 0. The van der Waals surface area contributed by atoms with E-state index in [4.69, 9.17) is 33.3 Å². The molecule has 0 atom stereocenters. The van der Waals surface area contributed by atoms with E-state index in [-0.39, 0.29) is 0 Å². The molecule has 0 saturated heterocycles. The standard InChI is InChI=1S/C22H20ClN3O2S/c1-27-21-13-16(14-24-26-22(29)25-19-8-3-2-4-9-19)10-11-20(21)28-15-17-6-5-7-18(23)12-17/h2-14H,15H2,1H3,(H2,25,26,29)/b24-14+. The van der Waals surface area contributed by atoms with Gasteiger partial charge >= 0.3 is 0 Å². The molecule has 0 aliphatic heterocycles. The Bertz CT molecular complexity index is 996. The lowest BCUT2D eigenvalue weighted by atomic mass is 10.2. The van der Waals surface area contributed by atoms with E-state index in [9.17, 15) is 0 Å². The number of ether oxygens (including phenoxy) is 2. The molecule has 0 heterocycles. The first-order chi connectivity index (χ1) is 14.1. The Morgan fingerprint density at radius 3 is 2.62 bits per heavy atom. The number of methoxy groups -OCH3 is 1. The molecule has 3 aromatic carbocycles. The Balaban J connectivity index is 1.57. The highest BCUT2D eigenvalue weighted by Gasteiger charge is 2.06. The van der Waals surface area contributed by atoms with Crippen LogP contribution in [0.25, 0.3) is 0 Å². The molecule has 3 aromatic rings. The molecular weight excluding hydrogens is 406 g/mol. The predicted molar refractivity (Wildman–Crippen MR) is 122 cm³/mol. The van der Waals surface area contributed by atoms with Gasteiger partial charge in [-0.25, -0.2) is 0 Å². The smallest absolute Gasteiger partial charge is 0.191 e. The van der Waals surface area contributed by atoms with E-state index in [2.05, 4.69) is 15.8 Å². The minimum absolute atomic E-state index is 0.394. The number of thiocarbonyl (C=S) groups is 1. The normalized spacial score (nSPS) is 10.6. The number of para-hydroxylation sites is 1. The molecule has 0 aliphatic rings. The van der Waals surface area contributed by atoms with Crippen LogP contribution in [0.2, 0.25) is 5.02 Å². The molecule has 3 rings (SSSR count). The van der Waals surface area contributed by atoms with Gasteiger partial charge in [0.05, 0.1) is 13.3 Å². The number of nitrogens with one attached hydrogen (secondary N) is 2. The van der Waals surface area contributed by atoms with Crippen molar-refractivity contribution in [2.24, 2.45) is 5.10 Å². The van der Waals surface area contributed by atoms with Crippen molar-refractivity contribution in [3.8, 4) is 11.5 Å². The summed E-state index contributed by atoms with van der Waals surface area (Å²) >= 11 is 11.2. The molecule has 0 saturated carbocycles. The first-order valence-corrected chi connectivity index (χ1v) is 9.63. The predicted octanol–water partition coefficient (Wildman–Crippen LogP) is 5.25. The number of benzene rings is 3. The average molecular weight is 426 g/mol. The van der Waals surface area contributed by atoms with Crippen molar-refractivity contribution in [2.75, 3.05) is 12.4 Å². The van der Waals surface area contributed by atoms with Crippen molar-refractivity contribution >= 4 is 40.8 Å². The Hall–Kier alpha value is -3.09. The van der Waals surface area contributed by atoms with Crippen molar-refractivity contribution in [3.05, 3.63) is 88.9 Å². The van der Waals surface area contributed by atoms with E-state index in [1.54, 1.807) is 13.3 Å². The van der Waals surface area contributed by atoms with Crippen LogP contribution in [-0.4, -0.2) is 18.4 Å². The largest absolute Gasteiger partial charge is 0.493 e. The SMILES string of the molecule is COc1cc(/C=N/NC(=S)Nc2ccccc2)ccc1OCc1cccc(Cl)c1. The molecule has 0 bridgehead atoms. The highest BCUT2D eigenvalue weighted by molar-refractivity contribution is 7.80. The number of rotatable bonds is 7. The van der Waals surface area contributed by atoms with E-state index in [1.807, 2.05) is 72.8 Å². The maximum Gasteiger partial charge on any atom is 0.191 e. The summed E-state index contributed by atoms with van der Waals surface area (Å²) < 4.78 is 11.3. The number of anilines is 1. The lowest BCUT2D eigenvalue weighted by Crippen LogP contribution is -2.23. The number of hydrogen-bond acceptors (Lipinski definition) is 4. The average Bonchev–Trinajstić information content (AvgIpc) is 2.73. The first-order valence-electron chi connectivity index (χ1n) is 8.84. The summed E-state index contributed by atoms with van der Waals surface area (Å²) in [5.74, 6) is 1.25. The summed E-state index contributed by atoms with van der Waals surface area (Å²) in [5, 5.41) is 8.29. The second-order valence-electron chi connectivity index (χ2n) is 6.02. The molecule has 0 aliphatic carbocycles. The van der Waals surface area contributed by atoms with Gasteiger partial charge in [-0.3, -0.25) is 5.43 Å². The molecule has 0 fully saturated rings. The minimum Gasteiger partial charge on any atom is -0.493 e. The van der Waals surface area contributed by atoms with Crippen LogP contribution in [0.3, 0.4) is 0 Å². The summed E-state index contributed by atoms with van der Waals surface area (Å²) in [6.07, 6.45) is 1.66. The number of nitrogens with zero attached hydrogens (tertiary/aromatic N) is 1. The Kier molecular flexibility index (Phi) is 7.44. The van der Waals surface area contributed by atoms with E-state index >= 15 is 0 Å². The van der Waals surface area contributed by atoms with Gasteiger partial charge < -0.3 is 14.8 Å². The van der Waals surface area contributed by atoms with E-state index < -0.39 is 0 Å². The molecule has 0 spiro atoms. The van der Waals surface area contributed by atoms with Gasteiger partial charge in [0.25, 0.3) is 0 Å². The van der Waals surface area contributed by atoms with Gasteiger partial charge in [-0.05, 0) is 65.8 Å². The third-order valence-electron chi connectivity index (χ3n) is 3.88.